The molecule has 2 rings (SSSR count). The van der Waals surface area contributed by atoms with Gasteiger partial charge in [-0.3, -0.25) is 0 Å². The Morgan fingerprint density at radius 3 is 2.22 bits per heavy atom. The maximum Gasteiger partial charge on any atom is 0.00725 e. The topological polar surface area (TPSA) is 26.0 Å². The van der Waals surface area contributed by atoms with Crippen LogP contribution in [0.25, 0.3) is 0 Å². The molecule has 9 heavy (non-hydrogen) atoms. The van der Waals surface area contributed by atoms with Crippen LogP contribution in [0.1, 0.15) is 32.6 Å². The molecule has 1 heteroatoms. The molecule has 0 aliphatic heterocycles. The first-order valence-corrected chi connectivity index (χ1v) is 3.98. The van der Waals surface area contributed by atoms with E-state index in [0.717, 1.165) is 5.92 Å². The van der Waals surface area contributed by atoms with Crippen molar-refractivity contribution in [2.45, 2.75) is 38.6 Å². The largest absolute Gasteiger partial charge is 0.327 e. The highest BCUT2D eigenvalue weighted by Crippen LogP contribution is 2.56. The molecular weight excluding hydrogens is 110 g/mol. The molecule has 52 valence electrons. The molecule has 3 atom stereocenters. The van der Waals surface area contributed by atoms with E-state index in [1.807, 2.05) is 0 Å². The molecule has 0 aromatic rings. The molecule has 2 saturated carbocycles. The number of hydrogen-bond acceptors (Lipinski definition) is 1. The fourth-order valence-corrected chi connectivity index (χ4v) is 2.54. The number of fused-ring (bicyclic) bond motifs is 1. The molecule has 0 spiro atoms. The molecule has 0 bridgehead atoms. The first-order valence-electron chi connectivity index (χ1n) is 3.98. The summed E-state index contributed by atoms with van der Waals surface area (Å²) in [6.07, 6.45) is 5.50. The van der Waals surface area contributed by atoms with Crippen molar-refractivity contribution in [2.24, 2.45) is 17.1 Å². The molecular formula is C8H15N. The number of hydrogen-bond donors (Lipinski definition) is 1. The van der Waals surface area contributed by atoms with Gasteiger partial charge >= 0.3 is 0 Å². The van der Waals surface area contributed by atoms with E-state index in [-0.39, 0.29) is 0 Å². The summed E-state index contributed by atoms with van der Waals surface area (Å²) >= 11 is 0. The average molecular weight is 125 g/mol. The molecule has 0 radical (unpaired) electrons. The maximum atomic E-state index is 5.91. The van der Waals surface area contributed by atoms with Crippen molar-refractivity contribution in [3.05, 3.63) is 0 Å². The Balaban J connectivity index is 2.15. The Morgan fingerprint density at radius 2 is 2.00 bits per heavy atom. The molecule has 0 aromatic carbocycles. The van der Waals surface area contributed by atoms with Crippen molar-refractivity contribution in [1.29, 1.82) is 0 Å². The van der Waals surface area contributed by atoms with Crippen LogP contribution in [0.3, 0.4) is 0 Å². The van der Waals surface area contributed by atoms with Gasteiger partial charge in [0.1, 0.15) is 0 Å². The van der Waals surface area contributed by atoms with Gasteiger partial charge in [0.05, 0.1) is 0 Å². The molecule has 2 fully saturated rings. The fourth-order valence-electron chi connectivity index (χ4n) is 2.54. The van der Waals surface area contributed by atoms with Crippen LogP contribution in [-0.2, 0) is 0 Å². The summed E-state index contributed by atoms with van der Waals surface area (Å²) < 4.78 is 0. The maximum absolute atomic E-state index is 5.91. The van der Waals surface area contributed by atoms with Crippen molar-refractivity contribution in [3.8, 4) is 0 Å². The predicted molar refractivity (Wildman–Crippen MR) is 38.0 cm³/mol. The van der Waals surface area contributed by atoms with Crippen LogP contribution in [0.15, 0.2) is 0 Å². The third kappa shape index (κ3) is 0.586. The first-order chi connectivity index (χ1) is 4.22. The quantitative estimate of drug-likeness (QED) is 0.522. The molecule has 2 aliphatic carbocycles. The van der Waals surface area contributed by atoms with Crippen LogP contribution in [0, 0.1) is 11.3 Å². The zero-order valence-corrected chi connectivity index (χ0v) is 6.06. The van der Waals surface area contributed by atoms with Gasteiger partial charge in [-0.05, 0) is 37.0 Å². The highest BCUT2D eigenvalue weighted by atomic mass is 14.7. The Hall–Kier alpha value is -0.0400. The SMILES string of the molecule is C[C@@]12CC[C@@H](N)[C@@H]1CC2. The summed E-state index contributed by atoms with van der Waals surface area (Å²) in [4.78, 5) is 0. The van der Waals surface area contributed by atoms with Crippen LogP contribution in [0.4, 0.5) is 0 Å². The second-order valence-corrected chi connectivity index (χ2v) is 4.00. The molecule has 1 nitrogen and oxygen atoms in total. The van der Waals surface area contributed by atoms with E-state index < -0.39 is 0 Å². The van der Waals surface area contributed by atoms with E-state index in [9.17, 15) is 0 Å². The second kappa shape index (κ2) is 1.51. The summed E-state index contributed by atoms with van der Waals surface area (Å²) in [6.45, 7) is 2.40. The summed E-state index contributed by atoms with van der Waals surface area (Å²) in [5, 5.41) is 0. The van der Waals surface area contributed by atoms with E-state index in [1.165, 1.54) is 25.7 Å². The molecule has 0 heterocycles. The lowest BCUT2D eigenvalue weighted by Crippen LogP contribution is -2.40. The van der Waals surface area contributed by atoms with E-state index >= 15 is 0 Å². The Kier molecular flexibility index (Phi) is 0.963. The number of rotatable bonds is 0. The predicted octanol–water partition coefficient (Wildman–Crippen LogP) is 1.52. The van der Waals surface area contributed by atoms with Crippen molar-refractivity contribution < 1.29 is 0 Å². The van der Waals surface area contributed by atoms with E-state index in [0.29, 0.717) is 11.5 Å². The third-order valence-corrected chi connectivity index (χ3v) is 3.49. The lowest BCUT2D eigenvalue weighted by molar-refractivity contribution is 0.0788. The summed E-state index contributed by atoms with van der Waals surface area (Å²) in [5.74, 6) is 0.887. The highest BCUT2D eigenvalue weighted by molar-refractivity contribution is 5.02. The lowest BCUT2D eigenvalue weighted by Gasteiger charge is -2.43. The monoisotopic (exact) mass is 125 g/mol. The zero-order valence-electron chi connectivity index (χ0n) is 6.06. The standard InChI is InChI=1S/C8H15N/c1-8-4-2-6(8)7(9)3-5-8/h6-7H,2-5,9H2,1H3/t6-,7+,8+/m0/s1. The Labute approximate surface area is 56.6 Å². The van der Waals surface area contributed by atoms with Gasteiger partial charge in [-0.15, -0.1) is 0 Å². The lowest BCUT2D eigenvalue weighted by atomic mass is 9.63. The van der Waals surface area contributed by atoms with Gasteiger partial charge in [-0.25, -0.2) is 0 Å². The van der Waals surface area contributed by atoms with Gasteiger partial charge in [-0.1, -0.05) is 6.92 Å². The number of nitrogens with two attached hydrogens (primary N) is 1. The van der Waals surface area contributed by atoms with Gasteiger partial charge in [0.15, 0.2) is 0 Å². The van der Waals surface area contributed by atoms with Gasteiger partial charge in [-0.2, -0.15) is 0 Å². The summed E-state index contributed by atoms with van der Waals surface area (Å²) in [7, 11) is 0. The normalized spacial score (nSPS) is 56.7. The second-order valence-electron chi connectivity index (χ2n) is 4.00. The minimum atomic E-state index is 0.545. The van der Waals surface area contributed by atoms with Crippen LogP contribution in [0.2, 0.25) is 0 Å². The zero-order chi connectivity index (χ0) is 6.48. The first kappa shape index (κ1) is 5.72. The molecule has 0 aromatic heterocycles. The van der Waals surface area contributed by atoms with Crippen LogP contribution in [0.5, 0.6) is 0 Å². The minimum Gasteiger partial charge on any atom is -0.327 e. The summed E-state index contributed by atoms with van der Waals surface area (Å²) in [6, 6.07) is 0.545. The molecule has 0 saturated heterocycles. The van der Waals surface area contributed by atoms with E-state index in [2.05, 4.69) is 6.92 Å². The Morgan fingerprint density at radius 1 is 1.33 bits per heavy atom. The molecule has 2 N–H and O–H groups in total. The molecule has 2 aliphatic rings. The van der Waals surface area contributed by atoms with Crippen LogP contribution < -0.4 is 5.73 Å². The van der Waals surface area contributed by atoms with Crippen molar-refractivity contribution in [1.82, 2.24) is 0 Å². The van der Waals surface area contributed by atoms with Crippen molar-refractivity contribution in [2.75, 3.05) is 0 Å². The fraction of sp³-hybridized carbons (Fsp3) is 1.00. The molecule has 0 amide bonds. The minimum absolute atomic E-state index is 0.545. The van der Waals surface area contributed by atoms with Crippen LogP contribution in [-0.4, -0.2) is 6.04 Å². The van der Waals surface area contributed by atoms with E-state index in [1.54, 1.807) is 0 Å². The highest BCUT2D eigenvalue weighted by Gasteiger charge is 2.49. The van der Waals surface area contributed by atoms with Crippen molar-refractivity contribution in [3.63, 3.8) is 0 Å². The Bertz CT molecular complexity index is 133. The molecule has 0 unspecified atom stereocenters. The van der Waals surface area contributed by atoms with Gasteiger partial charge < -0.3 is 5.73 Å². The summed E-state index contributed by atoms with van der Waals surface area (Å²) in [5.41, 5.74) is 6.59. The van der Waals surface area contributed by atoms with Crippen LogP contribution >= 0.6 is 0 Å². The van der Waals surface area contributed by atoms with Gasteiger partial charge in [0.2, 0.25) is 0 Å². The van der Waals surface area contributed by atoms with Crippen molar-refractivity contribution >= 4 is 0 Å². The van der Waals surface area contributed by atoms with Gasteiger partial charge in [0, 0.05) is 6.04 Å². The average Bonchev–Trinajstić information content (AvgIpc) is 1.93. The third-order valence-electron chi connectivity index (χ3n) is 3.49. The smallest absolute Gasteiger partial charge is 0.00725 e. The van der Waals surface area contributed by atoms with Gasteiger partial charge in [0.25, 0.3) is 0 Å². The van der Waals surface area contributed by atoms with E-state index in [4.69, 9.17) is 5.73 Å².